The predicted octanol–water partition coefficient (Wildman–Crippen LogP) is 3.65. The summed E-state index contributed by atoms with van der Waals surface area (Å²) in [6.45, 7) is 5.64. The minimum absolute atomic E-state index is 0.0373. The molecule has 26 heavy (non-hydrogen) atoms. The second kappa shape index (κ2) is 9.10. The summed E-state index contributed by atoms with van der Waals surface area (Å²) >= 11 is 5.19. The second-order valence-electron chi connectivity index (χ2n) is 6.33. The minimum atomic E-state index is -0.169. The van der Waals surface area contributed by atoms with Crippen LogP contribution in [0.1, 0.15) is 25.0 Å². The van der Waals surface area contributed by atoms with Gasteiger partial charge in [-0.2, -0.15) is 0 Å². The lowest BCUT2D eigenvalue weighted by Crippen LogP contribution is -2.35. The van der Waals surface area contributed by atoms with Gasteiger partial charge in [0.1, 0.15) is 0 Å². The molecule has 0 bridgehead atoms. The molecule has 0 radical (unpaired) electrons. The van der Waals surface area contributed by atoms with Gasteiger partial charge in [-0.3, -0.25) is 9.59 Å². The van der Waals surface area contributed by atoms with E-state index >= 15 is 0 Å². The number of amides is 2. The first-order valence-electron chi connectivity index (χ1n) is 8.41. The lowest BCUT2D eigenvalue weighted by Gasteiger charge is -2.12. The zero-order valence-corrected chi connectivity index (χ0v) is 15.9. The molecule has 2 aromatic rings. The van der Waals surface area contributed by atoms with Crippen molar-refractivity contribution in [3.63, 3.8) is 0 Å². The number of anilines is 2. The Balaban J connectivity index is 1.86. The molecule has 2 amide bonds. The molecule has 0 unspecified atom stereocenters. The van der Waals surface area contributed by atoms with Gasteiger partial charge in [-0.1, -0.05) is 38.1 Å². The predicted molar refractivity (Wildman–Crippen MR) is 109 cm³/mol. The molecule has 0 aliphatic heterocycles. The SMILES string of the molecule is Cc1ccccc1CC(=O)NC(=S)Nc1ccc(NC(=O)C(C)C)cc1. The van der Waals surface area contributed by atoms with Gasteiger partial charge in [-0.25, -0.2) is 0 Å². The molecule has 0 spiro atoms. The van der Waals surface area contributed by atoms with Gasteiger partial charge in [0, 0.05) is 17.3 Å². The molecule has 0 aliphatic carbocycles. The second-order valence-corrected chi connectivity index (χ2v) is 6.74. The first-order chi connectivity index (χ1) is 12.3. The molecule has 2 aromatic carbocycles. The van der Waals surface area contributed by atoms with Gasteiger partial charge in [0.2, 0.25) is 11.8 Å². The molecule has 0 aromatic heterocycles. The van der Waals surface area contributed by atoms with Crippen molar-refractivity contribution in [3.8, 4) is 0 Å². The monoisotopic (exact) mass is 369 g/mol. The first-order valence-corrected chi connectivity index (χ1v) is 8.82. The molecular formula is C20H23N3O2S. The van der Waals surface area contributed by atoms with Gasteiger partial charge < -0.3 is 16.0 Å². The van der Waals surface area contributed by atoms with Gasteiger partial charge in [-0.05, 0) is 54.5 Å². The number of thiocarbonyl (C=S) groups is 1. The van der Waals surface area contributed by atoms with Crippen molar-refractivity contribution in [2.24, 2.45) is 5.92 Å². The number of hydrogen-bond acceptors (Lipinski definition) is 3. The van der Waals surface area contributed by atoms with Crippen LogP contribution in [0.2, 0.25) is 0 Å². The van der Waals surface area contributed by atoms with Crippen LogP contribution < -0.4 is 16.0 Å². The average Bonchev–Trinajstić information content (AvgIpc) is 2.58. The Labute approximate surface area is 159 Å². The fourth-order valence-electron chi connectivity index (χ4n) is 2.24. The van der Waals surface area contributed by atoms with Crippen LogP contribution in [0.4, 0.5) is 11.4 Å². The van der Waals surface area contributed by atoms with E-state index in [0.717, 1.165) is 16.8 Å². The summed E-state index contributed by atoms with van der Waals surface area (Å²) < 4.78 is 0. The third-order valence-corrected chi connectivity index (χ3v) is 4.00. The maximum atomic E-state index is 12.1. The standard InChI is InChI=1S/C20H23N3O2S/c1-13(2)19(25)21-16-8-10-17(11-9-16)22-20(26)23-18(24)12-15-7-5-4-6-14(15)3/h4-11,13H,12H2,1-3H3,(H,21,25)(H2,22,23,24,26). The number of nitrogens with one attached hydrogen (secondary N) is 3. The Morgan fingerprint density at radius 2 is 1.54 bits per heavy atom. The van der Waals surface area contributed by atoms with Gasteiger partial charge in [0.25, 0.3) is 0 Å². The van der Waals surface area contributed by atoms with E-state index in [9.17, 15) is 9.59 Å². The van der Waals surface area contributed by atoms with Crippen molar-refractivity contribution < 1.29 is 9.59 Å². The average molecular weight is 369 g/mol. The van der Waals surface area contributed by atoms with Gasteiger partial charge >= 0.3 is 0 Å². The molecule has 0 heterocycles. The van der Waals surface area contributed by atoms with Crippen molar-refractivity contribution in [1.82, 2.24) is 5.32 Å². The van der Waals surface area contributed by atoms with Crippen LogP contribution in [0.25, 0.3) is 0 Å². The third-order valence-electron chi connectivity index (χ3n) is 3.80. The van der Waals surface area contributed by atoms with E-state index in [1.165, 1.54) is 0 Å². The normalized spacial score (nSPS) is 10.3. The molecule has 0 saturated carbocycles. The maximum absolute atomic E-state index is 12.1. The number of rotatable bonds is 5. The molecule has 3 N–H and O–H groups in total. The summed E-state index contributed by atoms with van der Waals surface area (Å²) in [7, 11) is 0. The minimum Gasteiger partial charge on any atom is -0.332 e. The van der Waals surface area contributed by atoms with E-state index in [-0.39, 0.29) is 29.3 Å². The van der Waals surface area contributed by atoms with Crippen LogP contribution >= 0.6 is 12.2 Å². The third kappa shape index (κ3) is 5.97. The fourth-order valence-corrected chi connectivity index (χ4v) is 2.47. The first kappa shape index (κ1) is 19.6. The Kier molecular flexibility index (Phi) is 6.86. The fraction of sp³-hybridized carbons (Fsp3) is 0.250. The van der Waals surface area contributed by atoms with Crippen molar-refractivity contribution in [2.75, 3.05) is 10.6 Å². The number of hydrogen-bond donors (Lipinski definition) is 3. The highest BCUT2D eigenvalue weighted by atomic mass is 32.1. The zero-order valence-electron chi connectivity index (χ0n) is 15.1. The molecule has 5 nitrogen and oxygen atoms in total. The van der Waals surface area contributed by atoms with Crippen molar-refractivity contribution in [2.45, 2.75) is 27.2 Å². The van der Waals surface area contributed by atoms with E-state index in [1.807, 2.05) is 45.0 Å². The molecular weight excluding hydrogens is 346 g/mol. The van der Waals surface area contributed by atoms with Crippen LogP contribution in [0.15, 0.2) is 48.5 Å². The Morgan fingerprint density at radius 3 is 2.12 bits per heavy atom. The Morgan fingerprint density at radius 1 is 0.962 bits per heavy atom. The smallest absolute Gasteiger partial charge is 0.230 e. The van der Waals surface area contributed by atoms with Gasteiger partial charge in [-0.15, -0.1) is 0 Å². The molecule has 2 rings (SSSR count). The van der Waals surface area contributed by atoms with Crippen LogP contribution in [0, 0.1) is 12.8 Å². The van der Waals surface area contributed by atoms with Crippen LogP contribution in [-0.4, -0.2) is 16.9 Å². The quantitative estimate of drug-likeness (QED) is 0.704. The van der Waals surface area contributed by atoms with Gasteiger partial charge in [0.15, 0.2) is 5.11 Å². The summed E-state index contributed by atoms with van der Waals surface area (Å²) in [5.74, 6) is -0.286. The Hall–Kier alpha value is -2.73. The van der Waals surface area contributed by atoms with E-state index in [2.05, 4.69) is 16.0 Å². The molecule has 6 heteroatoms. The summed E-state index contributed by atoms with van der Waals surface area (Å²) in [5, 5.41) is 8.70. The van der Waals surface area contributed by atoms with Crippen LogP contribution in [-0.2, 0) is 16.0 Å². The number of carbonyl (C=O) groups is 2. The highest BCUT2D eigenvalue weighted by molar-refractivity contribution is 7.80. The van der Waals surface area contributed by atoms with Crippen LogP contribution in [0.3, 0.4) is 0 Å². The highest BCUT2D eigenvalue weighted by Crippen LogP contribution is 2.14. The van der Waals surface area contributed by atoms with Crippen molar-refractivity contribution >= 4 is 40.5 Å². The van der Waals surface area contributed by atoms with Crippen molar-refractivity contribution in [1.29, 1.82) is 0 Å². The van der Waals surface area contributed by atoms with Crippen molar-refractivity contribution in [3.05, 3.63) is 59.7 Å². The van der Waals surface area contributed by atoms with E-state index in [1.54, 1.807) is 24.3 Å². The number of aryl methyl sites for hydroxylation is 1. The molecule has 136 valence electrons. The van der Waals surface area contributed by atoms with Gasteiger partial charge in [0.05, 0.1) is 6.42 Å². The molecule has 0 fully saturated rings. The van der Waals surface area contributed by atoms with E-state index in [0.29, 0.717) is 5.69 Å². The molecule has 0 aliphatic rings. The number of benzene rings is 2. The topological polar surface area (TPSA) is 70.2 Å². The summed E-state index contributed by atoms with van der Waals surface area (Å²) in [6, 6.07) is 14.9. The highest BCUT2D eigenvalue weighted by Gasteiger charge is 2.09. The largest absolute Gasteiger partial charge is 0.332 e. The summed E-state index contributed by atoms with van der Waals surface area (Å²) in [4.78, 5) is 23.8. The maximum Gasteiger partial charge on any atom is 0.230 e. The molecule has 0 saturated heterocycles. The summed E-state index contributed by atoms with van der Waals surface area (Å²) in [5.41, 5.74) is 3.48. The lowest BCUT2D eigenvalue weighted by atomic mass is 10.1. The van der Waals surface area contributed by atoms with E-state index in [4.69, 9.17) is 12.2 Å². The van der Waals surface area contributed by atoms with Crippen LogP contribution in [0.5, 0.6) is 0 Å². The Bertz CT molecular complexity index is 801. The zero-order chi connectivity index (χ0) is 19.1. The van der Waals surface area contributed by atoms with E-state index < -0.39 is 0 Å². The molecule has 0 atom stereocenters. The lowest BCUT2D eigenvalue weighted by molar-refractivity contribution is -0.119. The number of carbonyl (C=O) groups excluding carboxylic acids is 2. The summed E-state index contributed by atoms with van der Waals surface area (Å²) in [6.07, 6.45) is 0.272.